The van der Waals surface area contributed by atoms with Gasteiger partial charge in [0.1, 0.15) is 5.78 Å². The average molecular weight is 245 g/mol. The van der Waals surface area contributed by atoms with Crippen LogP contribution in [0.3, 0.4) is 0 Å². The van der Waals surface area contributed by atoms with Gasteiger partial charge in [0.15, 0.2) is 0 Å². The summed E-state index contributed by atoms with van der Waals surface area (Å²) in [7, 11) is 0. The second-order valence-electron chi connectivity index (χ2n) is 6.02. The molecule has 98 valence electrons. The number of Topliss-reactive ketones (excluding diaryl/α,β-unsaturated/α-hetero) is 1. The van der Waals surface area contributed by atoms with E-state index in [1.807, 2.05) is 13.0 Å². The maximum Gasteiger partial charge on any atom is 0.137 e. The molecule has 0 amide bonds. The van der Waals surface area contributed by atoms with E-state index in [0.717, 1.165) is 19.6 Å². The van der Waals surface area contributed by atoms with E-state index in [4.69, 9.17) is 0 Å². The molecule has 0 bridgehead atoms. The Labute approximate surface area is 110 Å². The fourth-order valence-corrected chi connectivity index (χ4v) is 3.00. The van der Waals surface area contributed by atoms with Gasteiger partial charge in [0.2, 0.25) is 0 Å². The van der Waals surface area contributed by atoms with E-state index in [1.54, 1.807) is 0 Å². The number of carbonyl (C=O) groups is 1. The van der Waals surface area contributed by atoms with Crippen LogP contribution < -0.4 is 0 Å². The molecule has 1 saturated heterocycles. The Kier molecular flexibility index (Phi) is 3.86. The molecule has 1 aliphatic rings. The zero-order chi connectivity index (χ0) is 13.2. The highest BCUT2D eigenvalue weighted by molar-refractivity contribution is 5.82. The minimum atomic E-state index is 0.113. The average Bonchev–Trinajstić information content (AvgIpc) is 2.64. The molecule has 0 radical (unpaired) electrons. The quantitative estimate of drug-likeness (QED) is 0.812. The Morgan fingerprint density at radius 3 is 2.61 bits per heavy atom. The largest absolute Gasteiger partial charge is 0.299 e. The van der Waals surface area contributed by atoms with Gasteiger partial charge in [-0.15, -0.1) is 0 Å². The minimum absolute atomic E-state index is 0.113. The molecule has 18 heavy (non-hydrogen) atoms. The van der Waals surface area contributed by atoms with Crippen LogP contribution in [0, 0.1) is 11.3 Å². The van der Waals surface area contributed by atoms with Crippen LogP contribution in [0.2, 0.25) is 0 Å². The Morgan fingerprint density at radius 1 is 1.33 bits per heavy atom. The van der Waals surface area contributed by atoms with E-state index in [9.17, 15) is 4.79 Å². The van der Waals surface area contributed by atoms with E-state index in [-0.39, 0.29) is 11.3 Å². The molecule has 1 atom stereocenters. The lowest BCUT2D eigenvalue weighted by atomic mass is 9.79. The third-order valence-electron chi connectivity index (χ3n) is 4.00. The van der Waals surface area contributed by atoms with Crippen molar-refractivity contribution in [1.29, 1.82) is 0 Å². The van der Waals surface area contributed by atoms with Gasteiger partial charge < -0.3 is 0 Å². The molecular formula is C16H23NO. The zero-order valence-electron chi connectivity index (χ0n) is 11.6. The van der Waals surface area contributed by atoms with Crippen molar-refractivity contribution < 1.29 is 4.79 Å². The second kappa shape index (κ2) is 5.23. The van der Waals surface area contributed by atoms with Crippen molar-refractivity contribution in [3.05, 3.63) is 35.9 Å². The van der Waals surface area contributed by atoms with Gasteiger partial charge in [-0.2, -0.15) is 0 Å². The molecule has 0 N–H and O–H groups in total. The molecule has 2 heteroatoms. The van der Waals surface area contributed by atoms with Crippen molar-refractivity contribution in [3.8, 4) is 0 Å². The number of hydrogen-bond donors (Lipinski definition) is 0. The van der Waals surface area contributed by atoms with E-state index >= 15 is 0 Å². The molecule has 0 saturated carbocycles. The molecule has 1 heterocycles. The zero-order valence-corrected chi connectivity index (χ0v) is 11.6. The fourth-order valence-electron chi connectivity index (χ4n) is 3.00. The van der Waals surface area contributed by atoms with Crippen LogP contribution in [0.15, 0.2) is 30.3 Å². The summed E-state index contributed by atoms with van der Waals surface area (Å²) in [6.07, 6.45) is 0.660. The van der Waals surface area contributed by atoms with Gasteiger partial charge in [-0.05, 0) is 11.0 Å². The van der Waals surface area contributed by atoms with Crippen LogP contribution in [0.4, 0.5) is 0 Å². The summed E-state index contributed by atoms with van der Waals surface area (Å²) in [4.78, 5) is 14.4. The number of nitrogens with zero attached hydrogens (tertiary/aromatic N) is 1. The minimum Gasteiger partial charge on any atom is -0.299 e. The van der Waals surface area contributed by atoms with Crippen molar-refractivity contribution in [3.63, 3.8) is 0 Å². The van der Waals surface area contributed by atoms with E-state index < -0.39 is 0 Å². The van der Waals surface area contributed by atoms with Gasteiger partial charge in [-0.3, -0.25) is 9.69 Å². The molecule has 1 aromatic rings. The summed E-state index contributed by atoms with van der Waals surface area (Å²) in [5, 5.41) is 0. The lowest BCUT2D eigenvalue weighted by Crippen LogP contribution is -2.28. The highest BCUT2D eigenvalue weighted by Crippen LogP contribution is 2.36. The summed E-state index contributed by atoms with van der Waals surface area (Å²) in [5.74, 6) is 0.613. The van der Waals surface area contributed by atoms with Crippen LogP contribution in [0.1, 0.15) is 32.8 Å². The number of carbonyl (C=O) groups excluding carboxylic acids is 1. The molecule has 0 aliphatic carbocycles. The first-order chi connectivity index (χ1) is 8.53. The van der Waals surface area contributed by atoms with Crippen LogP contribution in [0.5, 0.6) is 0 Å². The first kappa shape index (κ1) is 13.3. The molecule has 0 aromatic heterocycles. The molecule has 1 aromatic carbocycles. The third-order valence-corrected chi connectivity index (χ3v) is 4.00. The van der Waals surface area contributed by atoms with E-state index in [0.29, 0.717) is 12.2 Å². The predicted octanol–water partition coefficient (Wildman–Crippen LogP) is 3.12. The molecule has 0 spiro atoms. The number of hydrogen-bond acceptors (Lipinski definition) is 2. The SMILES string of the molecule is CCC(=O)C1CN(Cc2ccccc2)CC1(C)C. The maximum atomic E-state index is 12.0. The second-order valence-corrected chi connectivity index (χ2v) is 6.02. The summed E-state index contributed by atoms with van der Waals surface area (Å²) in [5.41, 5.74) is 1.44. The molecule has 2 rings (SSSR count). The smallest absolute Gasteiger partial charge is 0.137 e. The number of benzene rings is 1. The van der Waals surface area contributed by atoms with E-state index in [1.165, 1.54) is 5.56 Å². The van der Waals surface area contributed by atoms with Crippen LogP contribution >= 0.6 is 0 Å². The van der Waals surface area contributed by atoms with Crippen molar-refractivity contribution in [1.82, 2.24) is 4.90 Å². The van der Waals surface area contributed by atoms with Crippen LogP contribution in [-0.4, -0.2) is 23.8 Å². The highest BCUT2D eigenvalue weighted by atomic mass is 16.1. The van der Waals surface area contributed by atoms with Gasteiger partial charge in [-0.25, -0.2) is 0 Å². The summed E-state index contributed by atoms with van der Waals surface area (Å²) in [6.45, 7) is 9.29. The number of ketones is 1. The molecule has 1 aliphatic heterocycles. The first-order valence-corrected chi connectivity index (χ1v) is 6.82. The normalized spacial score (nSPS) is 23.2. The maximum absolute atomic E-state index is 12.0. The highest BCUT2D eigenvalue weighted by Gasteiger charge is 2.42. The summed E-state index contributed by atoms with van der Waals surface area (Å²) >= 11 is 0. The topological polar surface area (TPSA) is 20.3 Å². The standard InChI is InChI=1S/C16H23NO/c1-4-15(18)14-11-17(12-16(14,2)3)10-13-8-6-5-7-9-13/h5-9,14H,4,10-12H2,1-3H3. The van der Waals surface area contributed by atoms with Crippen molar-refractivity contribution in [2.24, 2.45) is 11.3 Å². The Balaban J connectivity index is 2.04. The van der Waals surface area contributed by atoms with Crippen LogP contribution in [0.25, 0.3) is 0 Å². The van der Waals surface area contributed by atoms with Gasteiger partial charge in [0.05, 0.1) is 0 Å². The van der Waals surface area contributed by atoms with Crippen molar-refractivity contribution in [2.45, 2.75) is 33.7 Å². The number of rotatable bonds is 4. The van der Waals surface area contributed by atoms with Gasteiger partial charge >= 0.3 is 0 Å². The van der Waals surface area contributed by atoms with Crippen molar-refractivity contribution >= 4 is 5.78 Å². The Hall–Kier alpha value is -1.15. The van der Waals surface area contributed by atoms with Crippen molar-refractivity contribution in [2.75, 3.05) is 13.1 Å². The van der Waals surface area contributed by atoms with Gasteiger partial charge in [-0.1, -0.05) is 51.1 Å². The Morgan fingerprint density at radius 2 is 2.00 bits per heavy atom. The molecule has 2 nitrogen and oxygen atoms in total. The number of likely N-dealkylation sites (tertiary alicyclic amines) is 1. The summed E-state index contributed by atoms with van der Waals surface area (Å²) < 4.78 is 0. The molecule has 1 fully saturated rings. The fraction of sp³-hybridized carbons (Fsp3) is 0.562. The lowest BCUT2D eigenvalue weighted by molar-refractivity contribution is -0.124. The van der Waals surface area contributed by atoms with E-state index in [2.05, 4.69) is 43.0 Å². The van der Waals surface area contributed by atoms with Gasteiger partial charge in [0, 0.05) is 32.0 Å². The predicted molar refractivity (Wildman–Crippen MR) is 74.3 cm³/mol. The Bertz CT molecular complexity index is 410. The summed E-state index contributed by atoms with van der Waals surface area (Å²) in [6, 6.07) is 10.5. The molecule has 1 unspecified atom stereocenters. The van der Waals surface area contributed by atoms with Gasteiger partial charge in [0.25, 0.3) is 0 Å². The molecular weight excluding hydrogens is 222 g/mol. The monoisotopic (exact) mass is 245 g/mol. The lowest BCUT2D eigenvalue weighted by Gasteiger charge is -2.24. The third kappa shape index (κ3) is 2.81. The van der Waals surface area contributed by atoms with Crippen LogP contribution in [-0.2, 0) is 11.3 Å². The first-order valence-electron chi connectivity index (χ1n) is 6.82.